The Morgan fingerprint density at radius 1 is 1.19 bits per heavy atom. The molecule has 1 N–H and O–H groups in total. The van der Waals surface area contributed by atoms with Crippen molar-refractivity contribution in [2.45, 2.75) is 20.8 Å². The fraction of sp³-hybridized carbons (Fsp3) is 0.333. The Morgan fingerprint density at radius 3 is 1.75 bits per heavy atom. The third-order valence-electron chi connectivity index (χ3n) is 1.53. The molecule has 0 aliphatic rings. The maximum atomic E-state index is 10.0. The van der Waals surface area contributed by atoms with Crippen LogP contribution in [0.5, 0.6) is 0 Å². The predicted molar refractivity (Wildman–Crippen MR) is 58.3 cm³/mol. The first-order chi connectivity index (χ1) is 6.88. The van der Waals surface area contributed by atoms with Crippen LogP contribution in [0.25, 0.3) is 0 Å². The number of rotatable bonds is 1. The molecule has 92 valence electrons. The third-order valence-corrected chi connectivity index (χ3v) is 1.53. The summed E-state index contributed by atoms with van der Waals surface area (Å²) in [6, 6.07) is 8.90. The van der Waals surface area contributed by atoms with Gasteiger partial charge in [0.15, 0.2) is 0 Å². The minimum atomic E-state index is -0.757. The minimum absolute atomic E-state index is 0. The molecule has 0 aliphatic heterocycles. The fourth-order valence-corrected chi connectivity index (χ4v) is 0.506. The Labute approximate surface area is 110 Å². The Morgan fingerprint density at radius 2 is 1.56 bits per heavy atom. The van der Waals surface area contributed by atoms with Crippen LogP contribution >= 0.6 is 0 Å². The summed E-state index contributed by atoms with van der Waals surface area (Å²) < 4.78 is 0. The molecule has 0 radical (unpaired) electrons. The number of carbonyl (C=O) groups is 1. The largest absolute Gasteiger partial charge is 0.481 e. The molecule has 0 fully saturated rings. The van der Waals surface area contributed by atoms with E-state index in [-0.39, 0.29) is 20.4 Å². The molecule has 0 atom stereocenters. The molecular weight excluding hydrogens is 299 g/mol. The zero-order valence-electron chi connectivity index (χ0n) is 9.47. The molecule has 1 aromatic rings. The van der Waals surface area contributed by atoms with E-state index >= 15 is 0 Å². The van der Waals surface area contributed by atoms with Gasteiger partial charge in [0.25, 0.3) is 0 Å². The molecule has 0 spiro atoms. The van der Waals surface area contributed by atoms with Crippen LogP contribution in [0.2, 0.25) is 0 Å². The van der Waals surface area contributed by atoms with Crippen molar-refractivity contribution < 1.29 is 35.1 Å². The maximum absolute atomic E-state index is 10.0. The van der Waals surface area contributed by atoms with Crippen molar-refractivity contribution in [2.24, 2.45) is 5.41 Å². The van der Waals surface area contributed by atoms with E-state index in [4.69, 9.17) is 5.11 Å². The molecule has 4 heteroatoms. The maximum Gasteiger partial charge on any atom is 0.308 e. The van der Waals surface area contributed by atoms with Crippen LogP contribution in [0.4, 0.5) is 0 Å². The number of hydrogen-bond donors (Lipinski definition) is 1. The first kappa shape index (κ1) is 17.4. The van der Waals surface area contributed by atoms with Gasteiger partial charge in [-0.25, -0.2) is 0 Å². The van der Waals surface area contributed by atoms with E-state index in [1.165, 1.54) is 0 Å². The van der Waals surface area contributed by atoms with Crippen molar-refractivity contribution in [2.75, 3.05) is 0 Å². The second kappa shape index (κ2) is 8.21. The number of benzene rings is 1. The zero-order chi connectivity index (χ0) is 11.9. The van der Waals surface area contributed by atoms with E-state index in [2.05, 4.69) is 0 Å². The van der Waals surface area contributed by atoms with Gasteiger partial charge in [-0.15, -0.1) is 12.1 Å². The van der Waals surface area contributed by atoms with Gasteiger partial charge < -0.3 is 9.90 Å². The van der Waals surface area contributed by atoms with Gasteiger partial charge in [0.1, 0.15) is 0 Å². The van der Waals surface area contributed by atoms with Crippen molar-refractivity contribution in [1.82, 2.24) is 0 Å². The standard InChI is InChI=1S/C7H5O.C5H10O2.Pd/c8-6-7-4-2-1-3-5-7;1-5(2,3)4(6)7;/h1-5H;1-3H3,(H,6,7);/q-1;;. The van der Waals surface area contributed by atoms with E-state index in [1.54, 1.807) is 51.3 Å². The Kier molecular flexibility index (Phi) is 8.93. The summed E-state index contributed by atoms with van der Waals surface area (Å²) in [7, 11) is 0. The second-order valence-electron chi connectivity index (χ2n) is 4.02. The Hall–Kier alpha value is -0.978. The molecule has 0 saturated heterocycles. The predicted octanol–water partition coefficient (Wildman–Crippen LogP) is 2.26. The summed E-state index contributed by atoms with van der Waals surface area (Å²) in [6.07, 6.45) is 1.78. The topological polar surface area (TPSA) is 54.4 Å². The first-order valence-corrected chi connectivity index (χ1v) is 4.54. The summed E-state index contributed by atoms with van der Waals surface area (Å²) in [5.74, 6) is -0.757. The quantitative estimate of drug-likeness (QED) is 0.639. The number of carboxylic acids is 1. The van der Waals surface area contributed by atoms with Crippen molar-refractivity contribution >= 4 is 12.3 Å². The molecule has 0 amide bonds. The molecule has 0 saturated carbocycles. The van der Waals surface area contributed by atoms with Gasteiger partial charge >= 0.3 is 5.97 Å². The van der Waals surface area contributed by atoms with Gasteiger partial charge in [-0.05, 0) is 20.8 Å². The van der Waals surface area contributed by atoms with Gasteiger partial charge in [0.05, 0.1) is 11.7 Å². The molecule has 16 heavy (non-hydrogen) atoms. The summed E-state index contributed by atoms with van der Waals surface area (Å²) >= 11 is 0. The van der Waals surface area contributed by atoms with Gasteiger partial charge in [-0.3, -0.25) is 4.79 Å². The molecule has 0 aliphatic carbocycles. The monoisotopic (exact) mass is 313 g/mol. The summed E-state index contributed by atoms with van der Waals surface area (Å²) in [4.78, 5) is 19.9. The van der Waals surface area contributed by atoms with Crippen molar-refractivity contribution in [1.29, 1.82) is 0 Å². The van der Waals surface area contributed by atoms with Crippen LogP contribution in [0.15, 0.2) is 30.3 Å². The van der Waals surface area contributed by atoms with E-state index in [1.807, 2.05) is 6.07 Å². The normalized spacial score (nSPS) is 9.19. The molecule has 0 aromatic heterocycles. The van der Waals surface area contributed by atoms with Gasteiger partial charge in [0, 0.05) is 20.4 Å². The van der Waals surface area contributed by atoms with E-state index in [9.17, 15) is 9.59 Å². The average Bonchev–Trinajstić information content (AvgIpc) is 2.18. The number of carboxylic acid groups (broad SMARTS) is 1. The Balaban J connectivity index is 0. The van der Waals surface area contributed by atoms with Crippen LogP contribution in [0.3, 0.4) is 0 Å². The molecule has 0 bridgehead atoms. The van der Waals surface area contributed by atoms with Gasteiger partial charge in [-0.2, -0.15) is 17.7 Å². The molecule has 0 heterocycles. The van der Waals surface area contributed by atoms with E-state index in [0.717, 1.165) is 0 Å². The van der Waals surface area contributed by atoms with Crippen molar-refractivity contribution in [3.8, 4) is 0 Å². The average molecular weight is 314 g/mol. The molecule has 0 unspecified atom stereocenters. The number of aliphatic carboxylic acids is 1. The Bertz CT molecular complexity index is 315. The molecular formula is C12H15O3Pd-. The van der Waals surface area contributed by atoms with E-state index < -0.39 is 11.4 Å². The van der Waals surface area contributed by atoms with Crippen LogP contribution in [0.1, 0.15) is 26.3 Å². The first-order valence-electron chi connectivity index (χ1n) is 4.54. The molecule has 1 rings (SSSR count). The van der Waals surface area contributed by atoms with Crippen LogP contribution in [0, 0.1) is 5.41 Å². The summed E-state index contributed by atoms with van der Waals surface area (Å²) in [6.45, 7) is 4.99. The van der Waals surface area contributed by atoms with Crippen LogP contribution in [-0.4, -0.2) is 17.4 Å². The van der Waals surface area contributed by atoms with Gasteiger partial charge in [0.2, 0.25) is 0 Å². The van der Waals surface area contributed by atoms with Crippen LogP contribution < -0.4 is 0 Å². The van der Waals surface area contributed by atoms with Gasteiger partial charge in [-0.1, -0.05) is 6.07 Å². The third kappa shape index (κ3) is 8.34. The molecule has 3 nitrogen and oxygen atoms in total. The number of carbonyl (C=O) groups excluding carboxylic acids is 1. The second-order valence-corrected chi connectivity index (χ2v) is 4.02. The van der Waals surface area contributed by atoms with Crippen molar-refractivity contribution in [3.05, 3.63) is 35.9 Å². The molecule has 1 aromatic carbocycles. The summed E-state index contributed by atoms with van der Waals surface area (Å²) in [5.41, 5.74) is 0.0208. The van der Waals surface area contributed by atoms with Crippen molar-refractivity contribution in [3.63, 3.8) is 0 Å². The summed E-state index contributed by atoms with van der Waals surface area (Å²) in [5, 5.41) is 8.25. The number of hydrogen-bond acceptors (Lipinski definition) is 2. The van der Waals surface area contributed by atoms with Crippen LogP contribution in [-0.2, 0) is 30.0 Å². The SMILES string of the molecule is CC(C)(C)C(=O)O.O=[C-]c1ccccc1.[Pd]. The fourth-order valence-electron chi connectivity index (χ4n) is 0.506. The smallest absolute Gasteiger partial charge is 0.308 e. The van der Waals surface area contributed by atoms with E-state index in [0.29, 0.717) is 5.56 Å². The zero-order valence-corrected chi connectivity index (χ0v) is 11.0. The minimum Gasteiger partial charge on any atom is -0.481 e.